The van der Waals surface area contributed by atoms with Gasteiger partial charge in [-0.1, -0.05) is 6.07 Å². The lowest BCUT2D eigenvalue weighted by atomic mass is 10.3. The van der Waals surface area contributed by atoms with Gasteiger partial charge in [0.1, 0.15) is 13.3 Å². The van der Waals surface area contributed by atoms with Gasteiger partial charge in [0, 0.05) is 18.2 Å². The summed E-state index contributed by atoms with van der Waals surface area (Å²) >= 11 is 0. The topological polar surface area (TPSA) is 69.4 Å². The van der Waals surface area contributed by atoms with Crippen LogP contribution in [-0.2, 0) is 18.4 Å². The Balaban J connectivity index is 1.95. The van der Waals surface area contributed by atoms with Crippen LogP contribution in [0.2, 0.25) is 0 Å². The Morgan fingerprint density at radius 2 is 2.05 bits per heavy atom. The first-order chi connectivity index (χ1) is 9.66. The van der Waals surface area contributed by atoms with Gasteiger partial charge in [0.15, 0.2) is 24.3 Å². The molecule has 0 aromatic carbocycles. The summed E-state index contributed by atoms with van der Waals surface area (Å²) in [5, 5.41) is 13.5. The number of rotatable bonds is 4. The van der Waals surface area contributed by atoms with Crippen LogP contribution in [0.4, 0.5) is 0 Å². The van der Waals surface area contributed by atoms with E-state index in [2.05, 4.69) is 10.5 Å². The Hall–Kier alpha value is -2.76. The molecule has 0 unspecified atom stereocenters. The van der Waals surface area contributed by atoms with Crippen LogP contribution in [0.5, 0.6) is 5.75 Å². The Morgan fingerprint density at radius 1 is 1.30 bits per heavy atom. The monoisotopic (exact) mass is 272 g/mol. The summed E-state index contributed by atoms with van der Waals surface area (Å²) in [6, 6.07) is 8.85. The minimum Gasteiger partial charge on any atom is -0.502 e. The van der Waals surface area contributed by atoms with Crippen LogP contribution in [-0.4, -0.2) is 17.2 Å². The summed E-state index contributed by atoms with van der Waals surface area (Å²) in [4.78, 5) is 11.7. The summed E-state index contributed by atoms with van der Waals surface area (Å²) in [6.45, 7) is 0.186. The van der Waals surface area contributed by atoms with Gasteiger partial charge in [-0.05, 0) is 6.07 Å². The molecule has 6 nitrogen and oxygen atoms in total. The molecule has 0 aliphatic rings. The van der Waals surface area contributed by atoms with Gasteiger partial charge >= 0.3 is 5.91 Å². The second-order valence-electron chi connectivity index (χ2n) is 4.23. The lowest BCUT2D eigenvalue weighted by Crippen LogP contribution is -2.41. The summed E-state index contributed by atoms with van der Waals surface area (Å²) < 4.78 is 3.45. The van der Waals surface area contributed by atoms with E-state index in [1.165, 1.54) is 6.21 Å². The number of hydrazone groups is 1. The van der Waals surface area contributed by atoms with Crippen molar-refractivity contribution in [2.45, 2.75) is 6.54 Å². The summed E-state index contributed by atoms with van der Waals surface area (Å²) in [6.07, 6.45) is 6.78. The second kappa shape index (κ2) is 6.42. The molecule has 2 rings (SSSR count). The number of nitrogens with one attached hydrogen (secondary N) is 1. The average molecular weight is 272 g/mol. The molecule has 0 aliphatic carbocycles. The molecule has 1 amide bonds. The van der Waals surface area contributed by atoms with Crippen LogP contribution in [0.1, 0.15) is 5.69 Å². The molecule has 0 atom stereocenters. The van der Waals surface area contributed by atoms with E-state index < -0.39 is 0 Å². The van der Waals surface area contributed by atoms with Crippen LogP contribution in [0.25, 0.3) is 0 Å². The number of hydrogen-bond acceptors (Lipinski definition) is 3. The first kappa shape index (κ1) is 13.7. The number of carbonyl (C=O) groups excluding carboxylic acids is 1. The molecule has 0 aliphatic heterocycles. The second-order valence-corrected chi connectivity index (χ2v) is 4.23. The normalized spacial score (nSPS) is 10.7. The van der Waals surface area contributed by atoms with Crippen molar-refractivity contribution < 1.29 is 19.0 Å². The highest BCUT2D eigenvalue weighted by Crippen LogP contribution is 2.07. The van der Waals surface area contributed by atoms with Crippen molar-refractivity contribution in [1.29, 1.82) is 0 Å². The molecule has 2 N–H and O–H groups in total. The molecule has 0 saturated carbocycles. The number of amides is 1. The molecule has 6 heteroatoms. The quantitative estimate of drug-likeness (QED) is 0.454. The van der Waals surface area contributed by atoms with E-state index in [9.17, 15) is 9.90 Å². The SMILES string of the molecule is C[n+]1cccc(O)c1/C=N/NC(=O)C[n+]1ccccc1. The molecule has 2 aromatic heterocycles. The van der Waals surface area contributed by atoms with Crippen LogP contribution in [0.3, 0.4) is 0 Å². The minimum atomic E-state index is -0.240. The van der Waals surface area contributed by atoms with E-state index in [1.807, 2.05) is 18.2 Å². The number of aromatic hydroxyl groups is 1. The van der Waals surface area contributed by atoms with Gasteiger partial charge in [-0.3, -0.25) is 4.79 Å². The molecule has 0 spiro atoms. The fraction of sp³-hybridized carbons (Fsp3) is 0.143. The summed E-state index contributed by atoms with van der Waals surface area (Å²) in [5.41, 5.74) is 2.93. The van der Waals surface area contributed by atoms with Gasteiger partial charge in [0.05, 0.1) is 0 Å². The van der Waals surface area contributed by atoms with Gasteiger partial charge in [0.2, 0.25) is 6.54 Å². The Bertz CT molecular complexity index is 606. The van der Waals surface area contributed by atoms with Crippen molar-refractivity contribution in [1.82, 2.24) is 5.43 Å². The van der Waals surface area contributed by atoms with E-state index in [4.69, 9.17) is 0 Å². The number of aryl methyl sites for hydroxylation is 1. The highest BCUT2D eigenvalue weighted by molar-refractivity contribution is 5.81. The van der Waals surface area contributed by atoms with Crippen LogP contribution < -0.4 is 14.6 Å². The zero-order valence-electron chi connectivity index (χ0n) is 11.1. The highest BCUT2D eigenvalue weighted by atomic mass is 16.3. The lowest BCUT2D eigenvalue weighted by Gasteiger charge is -1.97. The number of hydrogen-bond donors (Lipinski definition) is 2. The fourth-order valence-electron chi connectivity index (χ4n) is 1.67. The minimum absolute atomic E-state index is 0.102. The molecule has 0 radical (unpaired) electrons. The van der Waals surface area contributed by atoms with Crippen LogP contribution >= 0.6 is 0 Å². The van der Waals surface area contributed by atoms with Crippen molar-refractivity contribution >= 4 is 12.1 Å². The van der Waals surface area contributed by atoms with Crippen LogP contribution in [0.15, 0.2) is 54.0 Å². The fourth-order valence-corrected chi connectivity index (χ4v) is 1.67. The molecule has 20 heavy (non-hydrogen) atoms. The summed E-state index contributed by atoms with van der Waals surface area (Å²) in [5.74, 6) is -0.138. The zero-order chi connectivity index (χ0) is 14.4. The molecule has 102 valence electrons. The van der Waals surface area contributed by atoms with E-state index in [0.29, 0.717) is 5.69 Å². The van der Waals surface area contributed by atoms with Crippen molar-refractivity contribution in [3.63, 3.8) is 0 Å². The van der Waals surface area contributed by atoms with E-state index in [0.717, 1.165) is 0 Å². The first-order valence-corrected chi connectivity index (χ1v) is 6.10. The third kappa shape index (κ3) is 3.61. The molecule has 0 saturated heterocycles. The predicted octanol–water partition coefficient (Wildman–Crippen LogP) is -0.345. The highest BCUT2D eigenvalue weighted by Gasteiger charge is 2.10. The zero-order valence-corrected chi connectivity index (χ0v) is 11.1. The van der Waals surface area contributed by atoms with E-state index in [-0.39, 0.29) is 18.2 Å². The smallest absolute Gasteiger partial charge is 0.305 e. The lowest BCUT2D eigenvalue weighted by molar-refractivity contribution is -0.684. The maximum absolute atomic E-state index is 11.7. The Kier molecular flexibility index (Phi) is 4.39. The van der Waals surface area contributed by atoms with Crippen LogP contribution in [0, 0.1) is 0 Å². The molecule has 2 aromatic rings. The molecule has 0 fully saturated rings. The number of pyridine rings is 2. The van der Waals surface area contributed by atoms with Crippen molar-refractivity contribution in [2.24, 2.45) is 12.1 Å². The van der Waals surface area contributed by atoms with Crippen molar-refractivity contribution in [3.8, 4) is 5.75 Å². The van der Waals surface area contributed by atoms with Gasteiger partial charge in [-0.25, -0.2) is 5.43 Å². The predicted molar refractivity (Wildman–Crippen MR) is 71.7 cm³/mol. The summed E-state index contributed by atoms with van der Waals surface area (Å²) in [7, 11) is 1.78. The van der Waals surface area contributed by atoms with Gasteiger partial charge in [-0.2, -0.15) is 14.2 Å². The largest absolute Gasteiger partial charge is 0.502 e. The average Bonchev–Trinajstić information content (AvgIpc) is 2.43. The Labute approximate surface area is 116 Å². The standard InChI is InChI=1S/C14H14N4O2/c1-17-7-5-6-13(19)12(17)10-15-16-14(20)11-18-8-3-2-4-9-18/h2-10H,11H2,1H3/p+2. The third-order valence-electron chi connectivity index (χ3n) is 2.69. The molecular formula is C14H16N4O2+2. The first-order valence-electron chi connectivity index (χ1n) is 6.10. The third-order valence-corrected chi connectivity index (χ3v) is 2.69. The molecule has 2 heterocycles. The number of carbonyl (C=O) groups is 1. The van der Waals surface area contributed by atoms with Crippen molar-refractivity contribution in [2.75, 3.05) is 0 Å². The number of aromatic nitrogens is 2. The van der Waals surface area contributed by atoms with Gasteiger partial charge in [-0.15, -0.1) is 0 Å². The molecular weight excluding hydrogens is 256 g/mol. The Morgan fingerprint density at radius 3 is 2.75 bits per heavy atom. The number of nitrogens with zero attached hydrogens (tertiary/aromatic N) is 3. The van der Waals surface area contributed by atoms with Gasteiger partial charge in [0.25, 0.3) is 5.69 Å². The van der Waals surface area contributed by atoms with E-state index >= 15 is 0 Å². The van der Waals surface area contributed by atoms with Gasteiger partial charge < -0.3 is 5.11 Å². The maximum atomic E-state index is 11.7. The maximum Gasteiger partial charge on any atom is 0.305 e. The van der Waals surface area contributed by atoms with Crippen molar-refractivity contribution in [3.05, 3.63) is 54.6 Å². The molecule has 0 bridgehead atoms. The van der Waals surface area contributed by atoms with E-state index in [1.54, 1.807) is 46.9 Å².